The van der Waals surface area contributed by atoms with E-state index < -0.39 is 0 Å². The van der Waals surface area contributed by atoms with Gasteiger partial charge in [-0.15, -0.1) is 0 Å². The van der Waals surface area contributed by atoms with Gasteiger partial charge >= 0.3 is 0 Å². The molecule has 1 aromatic carbocycles. The third kappa shape index (κ3) is 2.96. The molecule has 0 bridgehead atoms. The summed E-state index contributed by atoms with van der Waals surface area (Å²) >= 11 is 5.58. The lowest BCUT2D eigenvalue weighted by Gasteiger charge is -2.31. The first-order valence-electron chi connectivity index (χ1n) is 6.99. The smallest absolute Gasteiger partial charge is 0.124 e. The average Bonchev–Trinajstić information content (AvgIpc) is 2.87. The largest absolute Gasteiger partial charge is 0.493 e. The van der Waals surface area contributed by atoms with Gasteiger partial charge in [0.25, 0.3) is 0 Å². The van der Waals surface area contributed by atoms with Gasteiger partial charge < -0.3 is 10.1 Å². The summed E-state index contributed by atoms with van der Waals surface area (Å²) in [5.74, 6) is 1.05. The molecule has 19 heavy (non-hydrogen) atoms. The fourth-order valence-corrected chi connectivity index (χ4v) is 4.52. The number of rotatable bonds is 3. The van der Waals surface area contributed by atoms with E-state index in [1.807, 2.05) is 11.8 Å². The van der Waals surface area contributed by atoms with Crippen LogP contribution in [0.15, 0.2) is 22.7 Å². The normalized spacial score (nSPS) is 29.9. The minimum Gasteiger partial charge on any atom is -0.493 e. The molecule has 1 aliphatic heterocycles. The van der Waals surface area contributed by atoms with Crippen LogP contribution < -0.4 is 10.1 Å². The highest BCUT2D eigenvalue weighted by atomic mass is 79.9. The summed E-state index contributed by atoms with van der Waals surface area (Å²) in [6.07, 6.45) is 7.33. The summed E-state index contributed by atoms with van der Waals surface area (Å²) in [6.45, 7) is 0.822. The molecule has 0 amide bonds. The second-order valence-electron chi connectivity index (χ2n) is 5.35. The molecule has 1 aromatic rings. The fraction of sp³-hybridized carbons (Fsp3) is 0.600. The molecule has 3 rings (SSSR count). The van der Waals surface area contributed by atoms with Crippen LogP contribution in [-0.2, 0) is 0 Å². The molecule has 3 unspecified atom stereocenters. The van der Waals surface area contributed by atoms with Gasteiger partial charge in [-0.2, -0.15) is 11.8 Å². The van der Waals surface area contributed by atoms with Crippen LogP contribution in [0.4, 0.5) is 0 Å². The maximum absolute atomic E-state index is 5.76. The molecule has 3 atom stereocenters. The minimum atomic E-state index is 0.444. The zero-order chi connectivity index (χ0) is 13.2. The standard InChI is InChI=1S/C15H20BrNOS/c1-19-15-4-2-3-13(15)17-12-7-8-18-14-6-5-10(16)9-11(12)14/h5-6,9,12-13,15,17H,2-4,7-8H2,1H3. The summed E-state index contributed by atoms with van der Waals surface area (Å²) in [4.78, 5) is 0. The molecule has 0 aromatic heterocycles. The van der Waals surface area contributed by atoms with Crippen molar-refractivity contribution < 1.29 is 4.74 Å². The van der Waals surface area contributed by atoms with Crippen molar-refractivity contribution in [3.05, 3.63) is 28.2 Å². The molecule has 104 valence electrons. The molecule has 0 radical (unpaired) electrons. The van der Waals surface area contributed by atoms with E-state index >= 15 is 0 Å². The van der Waals surface area contributed by atoms with Crippen molar-refractivity contribution >= 4 is 27.7 Å². The number of fused-ring (bicyclic) bond motifs is 1. The lowest BCUT2D eigenvalue weighted by atomic mass is 9.99. The van der Waals surface area contributed by atoms with E-state index in [0.29, 0.717) is 12.1 Å². The van der Waals surface area contributed by atoms with Crippen LogP contribution >= 0.6 is 27.7 Å². The Labute approximate surface area is 127 Å². The summed E-state index contributed by atoms with van der Waals surface area (Å²) in [5, 5.41) is 4.66. The van der Waals surface area contributed by atoms with E-state index in [2.05, 4.69) is 45.7 Å². The van der Waals surface area contributed by atoms with Crippen LogP contribution in [0.2, 0.25) is 0 Å². The van der Waals surface area contributed by atoms with E-state index in [1.165, 1.54) is 24.8 Å². The van der Waals surface area contributed by atoms with Gasteiger partial charge in [0.15, 0.2) is 0 Å². The lowest BCUT2D eigenvalue weighted by molar-refractivity contribution is 0.244. The van der Waals surface area contributed by atoms with Crippen LogP contribution in [0.5, 0.6) is 5.75 Å². The molecule has 2 nitrogen and oxygen atoms in total. The number of nitrogens with one attached hydrogen (secondary N) is 1. The molecule has 4 heteroatoms. The molecule has 0 spiro atoms. The van der Waals surface area contributed by atoms with E-state index in [-0.39, 0.29) is 0 Å². The Kier molecular flexibility index (Phi) is 4.40. The maximum Gasteiger partial charge on any atom is 0.124 e. The van der Waals surface area contributed by atoms with Crippen molar-refractivity contribution in [3.8, 4) is 5.75 Å². The second-order valence-corrected chi connectivity index (χ2v) is 7.34. The highest BCUT2D eigenvalue weighted by Gasteiger charge is 2.30. The monoisotopic (exact) mass is 341 g/mol. The Morgan fingerprint density at radius 3 is 3.05 bits per heavy atom. The lowest BCUT2D eigenvalue weighted by Crippen LogP contribution is -2.38. The number of hydrogen-bond donors (Lipinski definition) is 1. The number of ether oxygens (including phenoxy) is 1. The summed E-state index contributed by atoms with van der Waals surface area (Å²) in [6, 6.07) is 7.44. The van der Waals surface area contributed by atoms with E-state index in [1.54, 1.807) is 0 Å². The predicted octanol–water partition coefficient (Wildman–Crippen LogP) is 4.15. The summed E-state index contributed by atoms with van der Waals surface area (Å²) in [5.41, 5.74) is 1.31. The summed E-state index contributed by atoms with van der Waals surface area (Å²) in [7, 11) is 0. The Morgan fingerprint density at radius 2 is 2.21 bits per heavy atom. The van der Waals surface area contributed by atoms with E-state index in [0.717, 1.165) is 28.5 Å². The van der Waals surface area contributed by atoms with Crippen molar-refractivity contribution in [2.45, 2.75) is 43.0 Å². The number of thioether (sulfide) groups is 1. The minimum absolute atomic E-state index is 0.444. The van der Waals surface area contributed by atoms with Gasteiger partial charge in [-0.1, -0.05) is 22.4 Å². The van der Waals surface area contributed by atoms with Crippen molar-refractivity contribution in [1.82, 2.24) is 5.32 Å². The van der Waals surface area contributed by atoms with E-state index in [9.17, 15) is 0 Å². The summed E-state index contributed by atoms with van der Waals surface area (Å²) < 4.78 is 6.90. The van der Waals surface area contributed by atoms with Gasteiger partial charge in [-0.3, -0.25) is 0 Å². The topological polar surface area (TPSA) is 21.3 Å². The zero-order valence-corrected chi connectivity index (χ0v) is 13.6. The first kappa shape index (κ1) is 13.8. The number of benzene rings is 1. The van der Waals surface area contributed by atoms with Crippen LogP contribution in [0.1, 0.15) is 37.3 Å². The maximum atomic E-state index is 5.76. The van der Waals surface area contributed by atoms with Crippen molar-refractivity contribution in [2.24, 2.45) is 0 Å². The second kappa shape index (κ2) is 6.06. The van der Waals surface area contributed by atoms with Gasteiger partial charge in [0.1, 0.15) is 5.75 Å². The van der Waals surface area contributed by atoms with Gasteiger partial charge in [0, 0.05) is 33.8 Å². The third-order valence-corrected chi connectivity index (χ3v) is 5.84. The predicted molar refractivity (Wildman–Crippen MR) is 85.1 cm³/mol. The average molecular weight is 342 g/mol. The van der Waals surface area contributed by atoms with Crippen LogP contribution in [-0.4, -0.2) is 24.2 Å². The van der Waals surface area contributed by atoms with E-state index in [4.69, 9.17) is 4.74 Å². The van der Waals surface area contributed by atoms with Crippen molar-refractivity contribution in [2.75, 3.05) is 12.9 Å². The van der Waals surface area contributed by atoms with Gasteiger partial charge in [-0.05, 0) is 37.3 Å². The Balaban J connectivity index is 1.78. The van der Waals surface area contributed by atoms with Crippen molar-refractivity contribution in [3.63, 3.8) is 0 Å². The number of halogens is 1. The molecule has 1 fully saturated rings. The molecule has 0 saturated heterocycles. The fourth-order valence-electron chi connectivity index (χ4n) is 3.20. The molecular formula is C15H20BrNOS. The van der Waals surface area contributed by atoms with Crippen LogP contribution in [0.25, 0.3) is 0 Å². The van der Waals surface area contributed by atoms with Crippen LogP contribution in [0.3, 0.4) is 0 Å². The Hall–Kier alpha value is -0.190. The highest BCUT2D eigenvalue weighted by Crippen LogP contribution is 2.37. The molecule has 1 aliphatic carbocycles. The van der Waals surface area contributed by atoms with Gasteiger partial charge in [0.05, 0.1) is 6.61 Å². The molecule has 1 saturated carbocycles. The zero-order valence-electron chi connectivity index (χ0n) is 11.2. The first-order valence-corrected chi connectivity index (χ1v) is 9.07. The third-order valence-electron chi connectivity index (χ3n) is 4.18. The SMILES string of the molecule is CSC1CCCC1NC1CCOc2ccc(Br)cc21. The highest BCUT2D eigenvalue weighted by molar-refractivity contribution is 9.10. The molecule has 2 aliphatic rings. The Morgan fingerprint density at radius 1 is 1.32 bits per heavy atom. The quantitative estimate of drug-likeness (QED) is 0.892. The van der Waals surface area contributed by atoms with Gasteiger partial charge in [-0.25, -0.2) is 0 Å². The molecular weight excluding hydrogens is 322 g/mol. The van der Waals surface area contributed by atoms with Crippen molar-refractivity contribution in [1.29, 1.82) is 0 Å². The first-order chi connectivity index (χ1) is 9.28. The van der Waals surface area contributed by atoms with Crippen LogP contribution in [0, 0.1) is 0 Å². The molecule has 1 N–H and O–H groups in total. The molecule has 1 heterocycles. The number of hydrogen-bond acceptors (Lipinski definition) is 3. The van der Waals surface area contributed by atoms with Gasteiger partial charge in [0.2, 0.25) is 0 Å². The Bertz CT molecular complexity index is 454.